The summed E-state index contributed by atoms with van der Waals surface area (Å²) in [5.74, 6) is 0.309. The zero-order valence-electron chi connectivity index (χ0n) is 9.00. The topological polar surface area (TPSA) is 89.3 Å². The number of sulfone groups is 1. The molecule has 0 amide bonds. The molecule has 1 heterocycles. The molecule has 1 saturated heterocycles. The second-order valence-corrected chi connectivity index (χ2v) is 6.24. The van der Waals surface area contributed by atoms with E-state index in [4.69, 9.17) is 0 Å². The molecule has 0 aromatic heterocycles. The molecule has 0 spiro atoms. The molecule has 0 radical (unpaired) electrons. The zero-order valence-corrected chi connectivity index (χ0v) is 9.81. The Balaban J connectivity index is 1.91. The lowest BCUT2D eigenvalue weighted by Crippen LogP contribution is -2.50. The first-order valence-corrected chi connectivity index (χ1v) is 6.95. The van der Waals surface area contributed by atoms with Gasteiger partial charge >= 0.3 is 0 Å². The molecular formula is C10H12N2O4S. The minimum absolute atomic E-state index is 0.0285. The Bertz CT molecular complexity index is 529. The van der Waals surface area contributed by atoms with Crippen molar-refractivity contribution in [1.82, 2.24) is 5.32 Å². The summed E-state index contributed by atoms with van der Waals surface area (Å²) in [5, 5.41) is 13.6. The summed E-state index contributed by atoms with van der Waals surface area (Å²) in [6.45, 7) is 0.446. The lowest BCUT2D eigenvalue weighted by atomic mass is 10.2. The molecule has 17 heavy (non-hydrogen) atoms. The molecule has 2 rings (SSSR count). The lowest BCUT2D eigenvalue weighted by Gasteiger charge is -2.26. The van der Waals surface area contributed by atoms with Crippen LogP contribution in [0.15, 0.2) is 24.3 Å². The molecule has 0 unspecified atom stereocenters. The summed E-state index contributed by atoms with van der Waals surface area (Å²) >= 11 is 0. The largest absolute Gasteiger partial charge is 0.308 e. The summed E-state index contributed by atoms with van der Waals surface area (Å²) in [4.78, 5) is 10.1. The number of non-ortho nitro benzene ring substituents is 1. The number of nitrogens with zero attached hydrogens (tertiary/aromatic N) is 1. The van der Waals surface area contributed by atoms with Crippen LogP contribution < -0.4 is 5.32 Å². The number of nitro benzene ring substituents is 1. The smallest absolute Gasteiger partial charge is 0.269 e. The average Bonchev–Trinajstić information content (AvgIpc) is 2.23. The highest BCUT2D eigenvalue weighted by molar-refractivity contribution is 7.92. The van der Waals surface area contributed by atoms with Crippen LogP contribution in [0.1, 0.15) is 5.56 Å². The first-order valence-electron chi connectivity index (χ1n) is 5.13. The molecule has 1 fully saturated rings. The van der Waals surface area contributed by atoms with Crippen molar-refractivity contribution in [2.24, 2.45) is 0 Å². The maximum atomic E-state index is 10.9. The quantitative estimate of drug-likeness (QED) is 0.625. The van der Waals surface area contributed by atoms with Crippen molar-refractivity contribution >= 4 is 15.5 Å². The second kappa shape index (κ2) is 4.42. The van der Waals surface area contributed by atoms with Gasteiger partial charge in [-0.05, 0) is 5.56 Å². The van der Waals surface area contributed by atoms with E-state index in [1.54, 1.807) is 12.1 Å². The van der Waals surface area contributed by atoms with E-state index in [-0.39, 0.29) is 23.2 Å². The lowest BCUT2D eigenvalue weighted by molar-refractivity contribution is -0.384. The third-order valence-electron chi connectivity index (χ3n) is 2.63. The molecule has 92 valence electrons. The van der Waals surface area contributed by atoms with Crippen LogP contribution in [0.3, 0.4) is 0 Å². The Labute approximate surface area is 98.7 Å². The minimum atomic E-state index is -2.83. The highest BCUT2D eigenvalue weighted by Crippen LogP contribution is 2.15. The molecular weight excluding hydrogens is 244 g/mol. The van der Waals surface area contributed by atoms with Gasteiger partial charge in [0.15, 0.2) is 9.84 Å². The van der Waals surface area contributed by atoms with E-state index in [0.717, 1.165) is 5.56 Å². The molecule has 1 aromatic carbocycles. The molecule has 1 aliphatic heterocycles. The fourth-order valence-corrected chi connectivity index (χ4v) is 3.09. The Hall–Kier alpha value is -1.47. The van der Waals surface area contributed by atoms with E-state index in [1.807, 2.05) is 0 Å². The van der Waals surface area contributed by atoms with Crippen molar-refractivity contribution in [2.45, 2.75) is 12.6 Å². The van der Waals surface area contributed by atoms with Crippen molar-refractivity contribution < 1.29 is 13.3 Å². The number of rotatable bonds is 4. The summed E-state index contributed by atoms with van der Waals surface area (Å²) in [5.41, 5.74) is 0.828. The van der Waals surface area contributed by atoms with Crippen molar-refractivity contribution in [3.63, 3.8) is 0 Å². The van der Waals surface area contributed by atoms with E-state index >= 15 is 0 Å². The van der Waals surface area contributed by atoms with Crippen molar-refractivity contribution in [3.8, 4) is 0 Å². The van der Waals surface area contributed by atoms with Gasteiger partial charge in [0.2, 0.25) is 0 Å². The second-order valence-electron chi connectivity index (χ2n) is 4.08. The van der Waals surface area contributed by atoms with Crippen LogP contribution in [-0.4, -0.2) is 30.9 Å². The number of nitro groups is 1. The predicted octanol–water partition coefficient (Wildman–Crippen LogP) is 0.481. The first-order chi connectivity index (χ1) is 7.96. The number of hydrogen-bond donors (Lipinski definition) is 1. The van der Waals surface area contributed by atoms with Crippen molar-refractivity contribution in [3.05, 3.63) is 39.9 Å². The van der Waals surface area contributed by atoms with Crippen LogP contribution in [0.5, 0.6) is 0 Å². The summed E-state index contributed by atoms with van der Waals surface area (Å²) in [6.07, 6.45) is 0. The molecule has 0 atom stereocenters. The highest BCUT2D eigenvalue weighted by atomic mass is 32.2. The molecule has 0 bridgehead atoms. The number of nitrogens with one attached hydrogen (secondary N) is 1. The standard InChI is InChI=1S/C10H12N2O4S/c13-12(14)10-3-1-2-8(4-10)5-11-9-6-17(15,16)7-9/h1-4,9,11H,5-7H2. The van der Waals surface area contributed by atoms with Crippen LogP contribution in [0.2, 0.25) is 0 Å². The Kier molecular flexibility index (Phi) is 3.12. The van der Waals surface area contributed by atoms with Gasteiger partial charge in [0.05, 0.1) is 16.4 Å². The SMILES string of the molecule is O=[N+]([O-])c1cccc(CNC2CS(=O)(=O)C2)c1. The summed E-state index contributed by atoms with van der Waals surface area (Å²) in [7, 11) is -2.83. The van der Waals surface area contributed by atoms with Gasteiger partial charge < -0.3 is 5.32 Å². The molecule has 6 nitrogen and oxygen atoms in total. The Morgan fingerprint density at radius 3 is 2.71 bits per heavy atom. The van der Waals surface area contributed by atoms with Gasteiger partial charge in [0, 0.05) is 24.7 Å². The molecule has 0 aliphatic carbocycles. The third-order valence-corrected chi connectivity index (χ3v) is 4.45. The van der Waals surface area contributed by atoms with E-state index in [2.05, 4.69) is 5.32 Å². The van der Waals surface area contributed by atoms with Crippen LogP contribution in [0, 0.1) is 10.1 Å². The maximum absolute atomic E-state index is 10.9. The zero-order chi connectivity index (χ0) is 12.5. The third kappa shape index (κ3) is 3.01. The monoisotopic (exact) mass is 256 g/mol. The van der Waals surface area contributed by atoms with Gasteiger partial charge in [-0.2, -0.15) is 0 Å². The normalized spacial score (nSPS) is 18.6. The van der Waals surface area contributed by atoms with Crippen molar-refractivity contribution in [2.75, 3.05) is 11.5 Å². The number of benzene rings is 1. The molecule has 7 heteroatoms. The van der Waals surface area contributed by atoms with Crippen LogP contribution in [0.4, 0.5) is 5.69 Å². The molecule has 1 aliphatic rings. The van der Waals surface area contributed by atoms with Crippen LogP contribution in [0.25, 0.3) is 0 Å². The van der Waals surface area contributed by atoms with Crippen LogP contribution >= 0.6 is 0 Å². The van der Waals surface area contributed by atoms with Gasteiger partial charge in [0.25, 0.3) is 5.69 Å². The van der Waals surface area contributed by atoms with E-state index in [9.17, 15) is 18.5 Å². The fraction of sp³-hybridized carbons (Fsp3) is 0.400. The van der Waals surface area contributed by atoms with Gasteiger partial charge in [-0.15, -0.1) is 0 Å². The predicted molar refractivity (Wildman–Crippen MR) is 62.4 cm³/mol. The number of hydrogen-bond acceptors (Lipinski definition) is 5. The van der Waals surface area contributed by atoms with Gasteiger partial charge in [-0.3, -0.25) is 10.1 Å². The van der Waals surface area contributed by atoms with E-state index < -0.39 is 14.8 Å². The summed E-state index contributed by atoms with van der Waals surface area (Å²) < 4.78 is 21.8. The molecule has 1 aromatic rings. The Morgan fingerprint density at radius 2 is 2.12 bits per heavy atom. The average molecular weight is 256 g/mol. The van der Waals surface area contributed by atoms with Gasteiger partial charge in [-0.1, -0.05) is 12.1 Å². The summed E-state index contributed by atoms with van der Waals surface area (Å²) in [6, 6.07) is 6.27. The fourth-order valence-electron chi connectivity index (χ4n) is 1.72. The van der Waals surface area contributed by atoms with E-state index in [0.29, 0.717) is 6.54 Å². The molecule has 0 saturated carbocycles. The minimum Gasteiger partial charge on any atom is -0.308 e. The van der Waals surface area contributed by atoms with Crippen molar-refractivity contribution in [1.29, 1.82) is 0 Å². The van der Waals surface area contributed by atoms with E-state index in [1.165, 1.54) is 12.1 Å². The molecule has 1 N–H and O–H groups in total. The Morgan fingerprint density at radius 1 is 1.41 bits per heavy atom. The maximum Gasteiger partial charge on any atom is 0.269 e. The van der Waals surface area contributed by atoms with Crippen LogP contribution in [-0.2, 0) is 16.4 Å². The highest BCUT2D eigenvalue weighted by Gasteiger charge is 2.32. The first kappa shape index (κ1) is 12.0. The van der Waals surface area contributed by atoms with Gasteiger partial charge in [-0.25, -0.2) is 8.42 Å². The van der Waals surface area contributed by atoms with Gasteiger partial charge in [0.1, 0.15) is 0 Å².